The van der Waals surface area contributed by atoms with E-state index in [2.05, 4.69) is 15.6 Å². The third kappa shape index (κ3) is 5.83. The first-order valence-corrected chi connectivity index (χ1v) is 11.3. The summed E-state index contributed by atoms with van der Waals surface area (Å²) in [5.74, 6) is -0.545. The number of ether oxygens (including phenoxy) is 1. The predicted molar refractivity (Wildman–Crippen MR) is 128 cm³/mol. The van der Waals surface area contributed by atoms with Crippen LogP contribution in [-0.4, -0.2) is 29.9 Å². The first-order chi connectivity index (χ1) is 17.2. The van der Waals surface area contributed by atoms with Gasteiger partial charge in [-0.05, 0) is 42.3 Å². The van der Waals surface area contributed by atoms with Crippen LogP contribution in [0.25, 0.3) is 0 Å². The Morgan fingerprint density at radius 1 is 1.08 bits per heavy atom. The Labute approximate surface area is 205 Å². The number of nitrogens with one attached hydrogen (secondary N) is 2. The van der Waals surface area contributed by atoms with Gasteiger partial charge in [-0.2, -0.15) is 13.2 Å². The number of ketones is 1. The molecule has 1 aliphatic heterocycles. The second-order valence-corrected chi connectivity index (χ2v) is 8.74. The highest BCUT2D eigenvalue weighted by atomic mass is 19.4. The van der Waals surface area contributed by atoms with Crippen molar-refractivity contribution in [3.63, 3.8) is 0 Å². The van der Waals surface area contributed by atoms with E-state index in [1.807, 2.05) is 0 Å². The van der Waals surface area contributed by atoms with Crippen molar-refractivity contribution in [2.24, 2.45) is 5.41 Å². The number of hydrogen-bond donors (Lipinski definition) is 3. The summed E-state index contributed by atoms with van der Waals surface area (Å²) in [4.78, 5) is 29.8. The van der Waals surface area contributed by atoms with E-state index in [1.165, 1.54) is 36.7 Å². The standard InChI is InChI=1S/C26H25F3N4O3/c27-26(28,29)21-3-1-2-4-22(21)33-20-7-5-17(6-8-20)13-32-24(35)25(9-10-36-16-25)12-23(34)18-11-19(30)15-31-14-18/h1-8,11,14-15,33H,9-10,12-13,16,30H2,(H,32,35)/t25-/m0/s1. The number of hydrogen-bond acceptors (Lipinski definition) is 6. The number of nitrogens with two attached hydrogens (primary N) is 1. The van der Waals surface area contributed by atoms with Gasteiger partial charge in [-0.25, -0.2) is 0 Å². The lowest BCUT2D eigenvalue weighted by Gasteiger charge is -2.25. The summed E-state index contributed by atoms with van der Waals surface area (Å²) in [7, 11) is 0. The molecule has 2 heterocycles. The zero-order valence-corrected chi connectivity index (χ0v) is 19.3. The largest absolute Gasteiger partial charge is 0.418 e. The molecule has 1 fully saturated rings. The number of para-hydroxylation sites is 1. The van der Waals surface area contributed by atoms with Gasteiger partial charge < -0.3 is 21.1 Å². The molecule has 1 aromatic heterocycles. The lowest BCUT2D eigenvalue weighted by atomic mass is 9.80. The number of halogens is 3. The smallest absolute Gasteiger partial charge is 0.397 e. The van der Waals surface area contributed by atoms with Crippen molar-refractivity contribution in [3.05, 3.63) is 83.7 Å². The summed E-state index contributed by atoms with van der Waals surface area (Å²) in [5.41, 5.74) is 5.84. The number of alkyl halides is 3. The third-order valence-corrected chi connectivity index (χ3v) is 6.08. The van der Waals surface area contributed by atoms with E-state index in [1.54, 1.807) is 24.3 Å². The van der Waals surface area contributed by atoms with E-state index < -0.39 is 17.2 Å². The minimum Gasteiger partial charge on any atom is -0.397 e. The van der Waals surface area contributed by atoms with Crippen molar-refractivity contribution in [1.82, 2.24) is 10.3 Å². The molecule has 0 radical (unpaired) electrons. The molecule has 1 atom stereocenters. The van der Waals surface area contributed by atoms with Crippen molar-refractivity contribution < 1.29 is 27.5 Å². The van der Waals surface area contributed by atoms with Crippen molar-refractivity contribution in [2.75, 3.05) is 24.3 Å². The number of carbonyl (C=O) groups is 2. The second kappa shape index (κ2) is 10.4. The summed E-state index contributed by atoms with van der Waals surface area (Å²) < 4.78 is 45.1. The Morgan fingerprint density at radius 2 is 1.83 bits per heavy atom. The molecule has 1 saturated heterocycles. The molecular weight excluding hydrogens is 473 g/mol. The van der Waals surface area contributed by atoms with E-state index >= 15 is 0 Å². The molecule has 0 bridgehead atoms. The van der Waals surface area contributed by atoms with Gasteiger partial charge in [0.15, 0.2) is 5.78 Å². The zero-order valence-electron chi connectivity index (χ0n) is 19.3. The summed E-state index contributed by atoms with van der Waals surface area (Å²) in [6, 6.07) is 13.5. The number of pyridine rings is 1. The molecule has 10 heteroatoms. The van der Waals surface area contributed by atoms with E-state index in [4.69, 9.17) is 10.5 Å². The van der Waals surface area contributed by atoms with Crippen LogP contribution < -0.4 is 16.4 Å². The summed E-state index contributed by atoms with van der Waals surface area (Å²) in [6.45, 7) is 0.686. The molecule has 7 nitrogen and oxygen atoms in total. The Hall–Kier alpha value is -3.92. The minimum absolute atomic E-state index is 0.0363. The molecule has 36 heavy (non-hydrogen) atoms. The van der Waals surface area contributed by atoms with E-state index in [0.717, 1.165) is 11.6 Å². The van der Waals surface area contributed by atoms with Crippen LogP contribution in [0.5, 0.6) is 0 Å². The molecule has 188 valence electrons. The van der Waals surface area contributed by atoms with Crippen molar-refractivity contribution >= 4 is 28.8 Å². The molecule has 3 aromatic rings. The molecule has 1 amide bonds. The molecular formula is C26H25F3N4O3. The molecule has 0 unspecified atom stereocenters. The van der Waals surface area contributed by atoms with Crippen LogP contribution in [0.1, 0.15) is 34.3 Å². The number of amides is 1. The molecule has 0 aliphatic carbocycles. The zero-order chi connectivity index (χ0) is 25.8. The van der Waals surface area contributed by atoms with Crippen LogP contribution in [0.4, 0.5) is 30.2 Å². The van der Waals surface area contributed by atoms with Gasteiger partial charge in [0.2, 0.25) is 5.91 Å². The minimum atomic E-state index is -4.47. The number of nitrogens with zero attached hydrogens (tertiary/aromatic N) is 1. The number of benzene rings is 2. The maximum Gasteiger partial charge on any atom is 0.418 e. The SMILES string of the molecule is Nc1cncc(C(=O)C[C@@]2(C(=O)NCc3ccc(Nc4ccccc4C(F)(F)F)cc3)CCOC2)c1. The van der Waals surface area contributed by atoms with Crippen LogP contribution in [0.2, 0.25) is 0 Å². The maximum atomic E-state index is 13.2. The van der Waals surface area contributed by atoms with Gasteiger partial charge in [0.05, 0.1) is 29.0 Å². The molecule has 1 aliphatic rings. The van der Waals surface area contributed by atoms with E-state index in [0.29, 0.717) is 30.0 Å². The summed E-state index contributed by atoms with van der Waals surface area (Å²) in [6.07, 6.45) is -1.25. The number of rotatable bonds is 8. The lowest BCUT2D eigenvalue weighted by molar-refractivity contribution is -0.137. The predicted octanol–water partition coefficient (Wildman–Crippen LogP) is 4.72. The van der Waals surface area contributed by atoms with Gasteiger partial charge in [-0.1, -0.05) is 24.3 Å². The van der Waals surface area contributed by atoms with Crippen LogP contribution >= 0.6 is 0 Å². The topological polar surface area (TPSA) is 106 Å². The molecule has 4 rings (SSSR count). The quantitative estimate of drug-likeness (QED) is 0.388. The van der Waals surface area contributed by atoms with Crippen molar-refractivity contribution in [3.8, 4) is 0 Å². The number of aromatic nitrogens is 1. The average molecular weight is 499 g/mol. The second-order valence-electron chi connectivity index (χ2n) is 8.74. The number of carbonyl (C=O) groups excluding carboxylic acids is 2. The number of anilines is 3. The van der Waals surface area contributed by atoms with Crippen molar-refractivity contribution in [2.45, 2.75) is 25.6 Å². The normalized spacial score (nSPS) is 17.5. The van der Waals surface area contributed by atoms with Gasteiger partial charge in [-0.3, -0.25) is 14.6 Å². The fourth-order valence-corrected chi connectivity index (χ4v) is 4.10. The lowest BCUT2D eigenvalue weighted by Crippen LogP contribution is -2.42. The average Bonchev–Trinajstić information content (AvgIpc) is 3.33. The van der Waals surface area contributed by atoms with Gasteiger partial charge in [0.25, 0.3) is 0 Å². The first-order valence-electron chi connectivity index (χ1n) is 11.3. The fourth-order valence-electron chi connectivity index (χ4n) is 4.10. The fraction of sp³-hybridized carbons (Fsp3) is 0.269. The summed E-state index contributed by atoms with van der Waals surface area (Å²) in [5, 5.41) is 5.66. The Balaban J connectivity index is 1.39. The van der Waals surface area contributed by atoms with Crippen LogP contribution in [0.3, 0.4) is 0 Å². The van der Waals surface area contributed by atoms with Gasteiger partial charge in [0.1, 0.15) is 0 Å². The molecule has 2 aromatic carbocycles. The van der Waals surface area contributed by atoms with E-state index in [-0.39, 0.29) is 37.0 Å². The maximum absolute atomic E-state index is 13.2. The van der Waals surface area contributed by atoms with E-state index in [9.17, 15) is 22.8 Å². The number of Topliss-reactive ketones (excluding diaryl/α,β-unsaturated/α-hetero) is 1. The summed E-state index contributed by atoms with van der Waals surface area (Å²) >= 11 is 0. The van der Waals surface area contributed by atoms with Gasteiger partial charge >= 0.3 is 6.18 Å². The molecule has 4 N–H and O–H groups in total. The van der Waals surface area contributed by atoms with Crippen LogP contribution in [0, 0.1) is 5.41 Å². The highest BCUT2D eigenvalue weighted by Crippen LogP contribution is 2.36. The van der Waals surface area contributed by atoms with Crippen LogP contribution in [-0.2, 0) is 22.3 Å². The molecule has 0 saturated carbocycles. The highest BCUT2D eigenvalue weighted by molar-refractivity contribution is 6.00. The van der Waals surface area contributed by atoms with Gasteiger partial charge in [-0.15, -0.1) is 0 Å². The Bertz CT molecular complexity index is 1240. The highest BCUT2D eigenvalue weighted by Gasteiger charge is 2.44. The Kier molecular flexibility index (Phi) is 7.25. The monoisotopic (exact) mass is 498 g/mol. The third-order valence-electron chi connectivity index (χ3n) is 6.08. The molecule has 0 spiro atoms. The first kappa shape index (κ1) is 25.2. The Morgan fingerprint density at radius 3 is 2.50 bits per heavy atom. The number of nitrogen functional groups attached to an aromatic ring is 1. The van der Waals surface area contributed by atoms with Crippen LogP contribution in [0.15, 0.2) is 67.0 Å². The van der Waals surface area contributed by atoms with Crippen molar-refractivity contribution in [1.29, 1.82) is 0 Å². The van der Waals surface area contributed by atoms with Gasteiger partial charge in [0, 0.05) is 43.2 Å².